The number of rotatable bonds is 4. The van der Waals surface area contributed by atoms with Crippen LogP contribution in [0.25, 0.3) is 0 Å². The van der Waals surface area contributed by atoms with Gasteiger partial charge in [0, 0.05) is 13.1 Å². The molecule has 130 valence electrons. The molecule has 0 aliphatic carbocycles. The average Bonchev–Trinajstić information content (AvgIpc) is 2.83. The molecular formula is C15H27N4O3S+. The zero-order chi connectivity index (χ0) is 16.4. The smallest absolute Gasteiger partial charge is 0.246 e. The predicted molar refractivity (Wildman–Crippen MR) is 85.8 cm³/mol. The zero-order valence-electron chi connectivity index (χ0n) is 14.0. The van der Waals surface area contributed by atoms with Gasteiger partial charge in [-0.15, -0.1) is 0 Å². The molecule has 8 heteroatoms. The molecule has 2 aliphatic rings. The monoisotopic (exact) mass is 343 g/mol. The van der Waals surface area contributed by atoms with E-state index in [0.29, 0.717) is 30.3 Å². The molecule has 3 rings (SSSR count). The fourth-order valence-corrected chi connectivity index (χ4v) is 5.36. The summed E-state index contributed by atoms with van der Waals surface area (Å²) in [6.07, 6.45) is 3.01. The van der Waals surface area contributed by atoms with Crippen LogP contribution >= 0.6 is 0 Å². The Labute approximate surface area is 138 Å². The first-order valence-electron chi connectivity index (χ1n) is 8.45. The Balaban J connectivity index is 1.84. The van der Waals surface area contributed by atoms with Gasteiger partial charge in [0.1, 0.15) is 18.0 Å². The van der Waals surface area contributed by atoms with Crippen molar-refractivity contribution in [3.8, 4) is 0 Å². The largest absolute Gasteiger partial charge is 0.370 e. The Kier molecular flexibility index (Phi) is 5.05. The number of aryl methyl sites for hydroxylation is 1. The molecule has 0 radical (unpaired) electrons. The Bertz CT molecular complexity index is 644. The Morgan fingerprint density at radius 3 is 2.43 bits per heavy atom. The molecule has 0 bridgehead atoms. The maximum atomic E-state index is 13.0. The summed E-state index contributed by atoms with van der Waals surface area (Å²) in [5.74, 6) is 0. The van der Waals surface area contributed by atoms with Crippen LogP contribution in [0.15, 0.2) is 4.90 Å². The third kappa shape index (κ3) is 3.45. The highest BCUT2D eigenvalue weighted by atomic mass is 32.2. The average molecular weight is 343 g/mol. The maximum absolute atomic E-state index is 13.0. The van der Waals surface area contributed by atoms with E-state index in [1.807, 2.05) is 11.6 Å². The van der Waals surface area contributed by atoms with Crippen LogP contribution in [0.4, 0.5) is 0 Å². The highest BCUT2D eigenvalue weighted by molar-refractivity contribution is 7.89. The highest BCUT2D eigenvalue weighted by Crippen LogP contribution is 2.25. The lowest BCUT2D eigenvalue weighted by Crippen LogP contribution is -3.13. The number of nitrogens with zero attached hydrogens (tertiary/aromatic N) is 3. The number of aromatic nitrogens is 2. The van der Waals surface area contributed by atoms with Gasteiger partial charge < -0.3 is 9.64 Å². The maximum Gasteiger partial charge on any atom is 0.246 e. The van der Waals surface area contributed by atoms with E-state index in [1.165, 1.54) is 4.90 Å². The minimum atomic E-state index is -3.43. The quantitative estimate of drug-likeness (QED) is 0.804. The van der Waals surface area contributed by atoms with Crippen molar-refractivity contribution in [3.05, 3.63) is 11.4 Å². The summed E-state index contributed by atoms with van der Waals surface area (Å²) < 4.78 is 34.8. The topological polar surface area (TPSA) is 68.9 Å². The molecule has 3 heterocycles. The summed E-state index contributed by atoms with van der Waals surface area (Å²) in [6, 6.07) is 0. The van der Waals surface area contributed by atoms with Gasteiger partial charge in [-0.3, -0.25) is 0 Å². The van der Waals surface area contributed by atoms with Crippen LogP contribution in [0.1, 0.15) is 30.7 Å². The van der Waals surface area contributed by atoms with Crippen LogP contribution < -0.4 is 4.90 Å². The van der Waals surface area contributed by atoms with Gasteiger partial charge in [-0.2, -0.15) is 9.40 Å². The molecule has 1 aromatic heterocycles. The number of hydrogen-bond donors (Lipinski definition) is 1. The van der Waals surface area contributed by atoms with Crippen LogP contribution in [-0.4, -0.2) is 61.9 Å². The van der Waals surface area contributed by atoms with Crippen LogP contribution in [0.5, 0.6) is 0 Å². The predicted octanol–water partition coefficient (Wildman–Crippen LogP) is -0.453. The minimum absolute atomic E-state index is 0.409. The molecule has 23 heavy (non-hydrogen) atoms. The summed E-state index contributed by atoms with van der Waals surface area (Å²) in [5.41, 5.74) is 1.37. The molecule has 0 saturated carbocycles. The van der Waals surface area contributed by atoms with Crippen LogP contribution in [-0.2, 0) is 21.4 Å². The Morgan fingerprint density at radius 2 is 1.78 bits per heavy atom. The summed E-state index contributed by atoms with van der Waals surface area (Å²) in [7, 11) is -3.43. The van der Waals surface area contributed by atoms with Crippen molar-refractivity contribution in [1.29, 1.82) is 0 Å². The number of quaternary nitrogens is 1. The van der Waals surface area contributed by atoms with Crippen molar-refractivity contribution >= 4 is 10.0 Å². The van der Waals surface area contributed by atoms with Crippen molar-refractivity contribution in [2.24, 2.45) is 0 Å². The number of morpholine rings is 1. The van der Waals surface area contributed by atoms with Crippen molar-refractivity contribution < 1.29 is 18.1 Å². The molecule has 2 fully saturated rings. The highest BCUT2D eigenvalue weighted by Gasteiger charge is 2.32. The molecule has 1 N–H and O–H groups in total. The van der Waals surface area contributed by atoms with Crippen molar-refractivity contribution in [1.82, 2.24) is 14.1 Å². The Hall–Kier alpha value is -0.960. The third-order valence-electron chi connectivity index (χ3n) is 4.80. The van der Waals surface area contributed by atoms with Gasteiger partial charge in [0.25, 0.3) is 0 Å². The molecule has 0 unspecified atom stereocenters. The summed E-state index contributed by atoms with van der Waals surface area (Å²) >= 11 is 0. The van der Waals surface area contributed by atoms with E-state index in [-0.39, 0.29) is 0 Å². The van der Waals surface area contributed by atoms with Crippen LogP contribution in [0.3, 0.4) is 0 Å². The lowest BCUT2D eigenvalue weighted by Gasteiger charge is -2.26. The minimum Gasteiger partial charge on any atom is -0.370 e. The first kappa shape index (κ1) is 16.9. The molecule has 0 aromatic carbocycles. The summed E-state index contributed by atoms with van der Waals surface area (Å²) in [6.45, 7) is 9.01. The zero-order valence-corrected chi connectivity index (χ0v) is 14.9. The van der Waals surface area contributed by atoms with E-state index in [0.717, 1.165) is 51.3 Å². The van der Waals surface area contributed by atoms with E-state index < -0.39 is 10.0 Å². The molecule has 2 aliphatic heterocycles. The van der Waals surface area contributed by atoms with Gasteiger partial charge in [0.05, 0.1) is 24.6 Å². The Morgan fingerprint density at radius 1 is 1.13 bits per heavy atom. The molecule has 0 amide bonds. The lowest BCUT2D eigenvalue weighted by molar-refractivity contribution is -0.930. The second-order valence-corrected chi connectivity index (χ2v) is 8.36. The molecule has 0 spiro atoms. The fraction of sp³-hybridized carbons (Fsp3) is 0.800. The van der Waals surface area contributed by atoms with Crippen LogP contribution in [0.2, 0.25) is 0 Å². The summed E-state index contributed by atoms with van der Waals surface area (Å²) in [5, 5.41) is 4.51. The standard InChI is InChI=1S/C15H26N4O3S/c1-13-15(23(20,21)18-6-4-3-5-7-18)14(2)19(16-13)12-17-8-10-22-11-9-17/h3-12H2,1-2H3/p+1. The van der Waals surface area contributed by atoms with Crippen molar-refractivity contribution in [3.63, 3.8) is 0 Å². The first-order valence-corrected chi connectivity index (χ1v) is 9.89. The van der Waals surface area contributed by atoms with E-state index in [1.54, 1.807) is 11.2 Å². The van der Waals surface area contributed by atoms with Gasteiger partial charge in [0.15, 0.2) is 6.67 Å². The fourth-order valence-electron chi connectivity index (χ4n) is 3.47. The van der Waals surface area contributed by atoms with Gasteiger partial charge >= 0.3 is 0 Å². The molecular weight excluding hydrogens is 316 g/mol. The van der Waals surface area contributed by atoms with Gasteiger partial charge in [0.2, 0.25) is 10.0 Å². The van der Waals surface area contributed by atoms with Gasteiger partial charge in [-0.05, 0) is 26.7 Å². The van der Waals surface area contributed by atoms with E-state index in [9.17, 15) is 8.42 Å². The summed E-state index contributed by atoms with van der Waals surface area (Å²) in [4.78, 5) is 1.79. The molecule has 0 atom stereocenters. The molecule has 2 saturated heterocycles. The second-order valence-electron chi connectivity index (χ2n) is 6.48. The number of nitrogens with one attached hydrogen (secondary N) is 1. The first-order chi connectivity index (χ1) is 11.0. The molecule has 1 aromatic rings. The number of piperidine rings is 1. The molecule has 7 nitrogen and oxygen atoms in total. The number of sulfonamides is 1. The normalized spacial score (nSPS) is 21.7. The van der Waals surface area contributed by atoms with E-state index >= 15 is 0 Å². The van der Waals surface area contributed by atoms with Crippen molar-refractivity contribution in [2.45, 2.75) is 44.7 Å². The van der Waals surface area contributed by atoms with Crippen molar-refractivity contribution in [2.75, 3.05) is 39.4 Å². The second kappa shape index (κ2) is 6.88. The lowest BCUT2D eigenvalue weighted by atomic mass is 10.2. The SMILES string of the molecule is Cc1nn(C[NH+]2CCOCC2)c(C)c1S(=O)(=O)N1CCCCC1. The number of ether oxygens (including phenoxy) is 1. The van der Waals surface area contributed by atoms with Crippen LogP contribution in [0, 0.1) is 13.8 Å². The van der Waals surface area contributed by atoms with E-state index in [4.69, 9.17) is 4.74 Å². The third-order valence-corrected chi connectivity index (χ3v) is 6.95. The van der Waals surface area contributed by atoms with Gasteiger partial charge in [-0.25, -0.2) is 13.1 Å². The van der Waals surface area contributed by atoms with E-state index in [2.05, 4.69) is 5.10 Å². The number of hydrogen-bond acceptors (Lipinski definition) is 4. The van der Waals surface area contributed by atoms with Gasteiger partial charge in [-0.1, -0.05) is 6.42 Å².